The van der Waals surface area contributed by atoms with Crippen molar-refractivity contribution >= 4 is 11.5 Å². The molecule has 1 heterocycles. The quantitative estimate of drug-likeness (QED) is 0.644. The van der Waals surface area contributed by atoms with Gasteiger partial charge in [0.15, 0.2) is 0 Å². The number of unbranched alkanes of at least 4 members (excludes halogenated alkanes) is 3. The van der Waals surface area contributed by atoms with Gasteiger partial charge in [-0.15, -0.1) is 5.10 Å². The van der Waals surface area contributed by atoms with Crippen LogP contribution in [0, 0.1) is 5.92 Å². The lowest BCUT2D eigenvalue weighted by molar-refractivity contribution is 0.483. The van der Waals surface area contributed by atoms with Crippen molar-refractivity contribution < 1.29 is 0 Å². The number of hydrogen-bond acceptors (Lipinski definition) is 3. The Morgan fingerprint density at radius 1 is 1.36 bits per heavy atom. The van der Waals surface area contributed by atoms with E-state index in [1.165, 1.54) is 43.6 Å². The molecule has 0 aromatic carbocycles. The van der Waals surface area contributed by atoms with E-state index in [4.69, 9.17) is 0 Å². The van der Waals surface area contributed by atoms with Gasteiger partial charge in [-0.1, -0.05) is 50.4 Å². The third-order valence-corrected chi connectivity index (χ3v) is 3.07. The van der Waals surface area contributed by atoms with E-state index in [1.54, 1.807) is 0 Å². The number of nitrogens with zero attached hydrogens (tertiary/aromatic N) is 2. The topological polar surface area (TPSA) is 25.8 Å². The lowest BCUT2D eigenvalue weighted by atomic mass is 9.98. The third kappa shape index (κ3) is 4.70. The molecule has 3 heteroatoms. The molecule has 0 aliphatic carbocycles. The Morgan fingerprint density at radius 2 is 2.21 bits per heavy atom. The maximum absolute atomic E-state index is 4.07. The van der Waals surface area contributed by atoms with Crippen LogP contribution in [0.25, 0.3) is 0 Å². The van der Waals surface area contributed by atoms with Crippen molar-refractivity contribution in [3.63, 3.8) is 0 Å². The van der Waals surface area contributed by atoms with Gasteiger partial charge in [0, 0.05) is 5.38 Å². The molecule has 0 spiro atoms. The Labute approximate surface area is 90.9 Å². The van der Waals surface area contributed by atoms with Crippen LogP contribution in [0.5, 0.6) is 0 Å². The summed E-state index contributed by atoms with van der Waals surface area (Å²) >= 11 is 1.45. The molecule has 0 amide bonds. The van der Waals surface area contributed by atoms with Crippen LogP contribution >= 0.6 is 11.5 Å². The molecule has 0 radical (unpaired) electrons. The van der Waals surface area contributed by atoms with Gasteiger partial charge < -0.3 is 0 Å². The van der Waals surface area contributed by atoms with Crippen LogP contribution in [-0.4, -0.2) is 9.59 Å². The van der Waals surface area contributed by atoms with Crippen molar-refractivity contribution in [1.29, 1.82) is 0 Å². The van der Waals surface area contributed by atoms with Crippen molar-refractivity contribution in [1.82, 2.24) is 9.59 Å². The zero-order valence-electron chi connectivity index (χ0n) is 9.20. The first-order valence-electron chi connectivity index (χ1n) is 5.59. The van der Waals surface area contributed by atoms with Crippen LogP contribution in [0.1, 0.15) is 51.6 Å². The average molecular weight is 212 g/mol. The van der Waals surface area contributed by atoms with Crippen LogP contribution in [-0.2, 0) is 6.42 Å². The fourth-order valence-electron chi connectivity index (χ4n) is 1.65. The zero-order chi connectivity index (χ0) is 10.2. The van der Waals surface area contributed by atoms with E-state index in [1.807, 2.05) is 0 Å². The normalized spacial score (nSPS) is 13.0. The van der Waals surface area contributed by atoms with Crippen molar-refractivity contribution in [2.75, 3.05) is 0 Å². The predicted octanol–water partition coefficient (Wildman–Crippen LogP) is 3.69. The maximum Gasteiger partial charge on any atom is 0.0758 e. The molecule has 80 valence electrons. The van der Waals surface area contributed by atoms with Gasteiger partial charge in [0.2, 0.25) is 0 Å². The van der Waals surface area contributed by atoms with Crippen LogP contribution in [0.4, 0.5) is 0 Å². The minimum Gasteiger partial charge on any atom is -0.143 e. The minimum absolute atomic E-state index is 0.760. The van der Waals surface area contributed by atoms with E-state index in [2.05, 4.69) is 28.8 Å². The van der Waals surface area contributed by atoms with Gasteiger partial charge in [-0.2, -0.15) is 0 Å². The van der Waals surface area contributed by atoms with Gasteiger partial charge >= 0.3 is 0 Å². The first-order chi connectivity index (χ1) is 6.83. The van der Waals surface area contributed by atoms with Gasteiger partial charge in [0.1, 0.15) is 0 Å². The van der Waals surface area contributed by atoms with E-state index in [9.17, 15) is 0 Å². The maximum atomic E-state index is 4.07. The second-order valence-corrected chi connectivity index (χ2v) is 4.66. The molecule has 1 rings (SSSR count). The molecular weight excluding hydrogens is 192 g/mol. The van der Waals surface area contributed by atoms with Gasteiger partial charge in [0.25, 0.3) is 0 Å². The van der Waals surface area contributed by atoms with E-state index in [-0.39, 0.29) is 0 Å². The monoisotopic (exact) mass is 212 g/mol. The molecule has 0 fully saturated rings. The summed E-state index contributed by atoms with van der Waals surface area (Å²) in [5.41, 5.74) is 1.16. The summed E-state index contributed by atoms with van der Waals surface area (Å²) in [4.78, 5) is 0. The molecule has 2 nitrogen and oxygen atoms in total. The molecular formula is C11H20N2S. The van der Waals surface area contributed by atoms with Gasteiger partial charge in [-0.25, -0.2) is 0 Å². The fourth-order valence-corrected chi connectivity index (χ4v) is 2.12. The largest absolute Gasteiger partial charge is 0.143 e. The summed E-state index contributed by atoms with van der Waals surface area (Å²) in [7, 11) is 0. The lowest BCUT2D eigenvalue weighted by Crippen LogP contribution is -2.00. The van der Waals surface area contributed by atoms with Crippen molar-refractivity contribution in [3.8, 4) is 0 Å². The van der Waals surface area contributed by atoms with Crippen molar-refractivity contribution in [3.05, 3.63) is 11.1 Å². The van der Waals surface area contributed by atoms with Crippen LogP contribution in [0.2, 0.25) is 0 Å². The standard InChI is InChI=1S/C11H20N2S/c1-3-4-5-6-7-10(2)8-11-9-14-13-12-11/h9-10H,3-8H2,1-2H3. The Balaban J connectivity index is 2.07. The predicted molar refractivity (Wildman–Crippen MR) is 61.5 cm³/mol. The summed E-state index contributed by atoms with van der Waals surface area (Å²) in [6, 6.07) is 0. The summed E-state index contributed by atoms with van der Waals surface area (Å²) in [6.45, 7) is 4.57. The number of hydrogen-bond donors (Lipinski definition) is 0. The Morgan fingerprint density at radius 3 is 2.86 bits per heavy atom. The highest BCUT2D eigenvalue weighted by Crippen LogP contribution is 2.14. The van der Waals surface area contributed by atoms with Gasteiger partial charge in [-0.05, 0) is 23.9 Å². The Kier molecular flexibility index (Phi) is 5.76. The summed E-state index contributed by atoms with van der Waals surface area (Å²) in [5, 5.41) is 6.13. The number of aromatic nitrogens is 2. The molecule has 0 saturated heterocycles. The highest BCUT2D eigenvalue weighted by Gasteiger charge is 2.05. The molecule has 1 atom stereocenters. The molecule has 0 aliphatic heterocycles. The first-order valence-corrected chi connectivity index (χ1v) is 6.42. The van der Waals surface area contributed by atoms with E-state index >= 15 is 0 Å². The van der Waals surface area contributed by atoms with Gasteiger partial charge in [-0.3, -0.25) is 0 Å². The van der Waals surface area contributed by atoms with E-state index < -0.39 is 0 Å². The van der Waals surface area contributed by atoms with Crippen LogP contribution in [0.3, 0.4) is 0 Å². The van der Waals surface area contributed by atoms with Crippen LogP contribution in [0.15, 0.2) is 5.38 Å². The average Bonchev–Trinajstić information content (AvgIpc) is 2.65. The summed E-state index contributed by atoms with van der Waals surface area (Å²) in [6.07, 6.45) is 7.89. The fraction of sp³-hybridized carbons (Fsp3) is 0.818. The second-order valence-electron chi connectivity index (χ2n) is 4.05. The molecule has 0 saturated carbocycles. The molecule has 14 heavy (non-hydrogen) atoms. The molecule has 0 aliphatic rings. The Hall–Kier alpha value is -0.440. The highest BCUT2D eigenvalue weighted by atomic mass is 32.1. The summed E-state index contributed by atoms with van der Waals surface area (Å²) < 4.78 is 3.88. The third-order valence-electron chi connectivity index (χ3n) is 2.51. The van der Waals surface area contributed by atoms with Gasteiger partial charge in [0.05, 0.1) is 5.69 Å². The molecule has 1 aromatic heterocycles. The first kappa shape index (κ1) is 11.6. The molecule has 1 aromatic rings. The van der Waals surface area contributed by atoms with Crippen molar-refractivity contribution in [2.45, 2.75) is 52.4 Å². The number of rotatable bonds is 7. The van der Waals surface area contributed by atoms with Crippen LogP contribution < -0.4 is 0 Å². The summed E-state index contributed by atoms with van der Waals surface area (Å²) in [5.74, 6) is 0.760. The molecule has 1 unspecified atom stereocenters. The minimum atomic E-state index is 0.760. The molecule has 0 N–H and O–H groups in total. The SMILES string of the molecule is CCCCCCC(C)Cc1csnn1. The highest BCUT2D eigenvalue weighted by molar-refractivity contribution is 7.03. The second kappa shape index (κ2) is 6.93. The van der Waals surface area contributed by atoms with Crippen molar-refractivity contribution in [2.24, 2.45) is 5.92 Å². The zero-order valence-corrected chi connectivity index (χ0v) is 10.0. The molecule has 0 bridgehead atoms. The smallest absolute Gasteiger partial charge is 0.0758 e. The van der Waals surface area contributed by atoms with E-state index in [0.717, 1.165) is 18.0 Å². The van der Waals surface area contributed by atoms with E-state index in [0.29, 0.717) is 0 Å². The Bertz CT molecular complexity index is 221. The lowest BCUT2D eigenvalue weighted by Gasteiger charge is -2.08.